The van der Waals surface area contributed by atoms with E-state index in [1.54, 1.807) is 17.2 Å². The van der Waals surface area contributed by atoms with Gasteiger partial charge in [0.15, 0.2) is 5.78 Å². The Hall–Kier alpha value is -3.69. The summed E-state index contributed by atoms with van der Waals surface area (Å²) in [6.45, 7) is 0.992. The lowest BCUT2D eigenvalue weighted by molar-refractivity contribution is -0.145. The Bertz CT molecular complexity index is 1240. The van der Waals surface area contributed by atoms with Crippen molar-refractivity contribution in [3.8, 4) is 0 Å². The number of aliphatic imine (C=N–C) groups is 1. The van der Waals surface area contributed by atoms with Crippen molar-refractivity contribution in [1.29, 1.82) is 0 Å². The number of hydrogen-bond donors (Lipinski definition) is 0. The van der Waals surface area contributed by atoms with Crippen molar-refractivity contribution >= 4 is 29.5 Å². The van der Waals surface area contributed by atoms with Crippen LogP contribution in [-0.4, -0.2) is 71.6 Å². The number of benzene rings is 2. The Morgan fingerprint density at radius 2 is 1.76 bits per heavy atom. The average molecular weight is 513 g/mol. The maximum absolute atomic E-state index is 13.7. The summed E-state index contributed by atoms with van der Waals surface area (Å²) >= 11 is 0. The van der Waals surface area contributed by atoms with Crippen LogP contribution >= 0.6 is 0 Å². The number of anilines is 1. The standard InChI is InChI=1S/C27H27F3N4O3/c28-27(29,30)9-8-23(35)17-33-18-34(22-4-2-1-3-5-22)26(25(33)37)10-12-32(13-11-26)24(36)19-6-7-20-15-31-16-21(20)14-19/h1-7,14-15H,8-13,16-18H2. The van der Waals surface area contributed by atoms with Gasteiger partial charge in [-0.1, -0.05) is 24.3 Å². The molecule has 0 aromatic heterocycles. The van der Waals surface area contributed by atoms with Crippen molar-refractivity contribution in [2.24, 2.45) is 4.99 Å². The summed E-state index contributed by atoms with van der Waals surface area (Å²) in [5.74, 6) is -1.01. The number of ketones is 1. The second-order valence-corrected chi connectivity index (χ2v) is 9.77. The second kappa shape index (κ2) is 9.64. The van der Waals surface area contributed by atoms with Crippen molar-refractivity contribution in [2.75, 3.05) is 31.2 Å². The van der Waals surface area contributed by atoms with Gasteiger partial charge in [-0.05, 0) is 48.2 Å². The quantitative estimate of drug-likeness (QED) is 0.590. The van der Waals surface area contributed by atoms with Gasteiger partial charge in [-0.2, -0.15) is 13.2 Å². The highest BCUT2D eigenvalue weighted by Gasteiger charge is 2.54. The number of piperidine rings is 1. The smallest absolute Gasteiger partial charge is 0.339 e. The fourth-order valence-electron chi connectivity index (χ4n) is 5.40. The average Bonchev–Trinajstić information content (AvgIpc) is 3.46. The van der Waals surface area contributed by atoms with Crippen molar-refractivity contribution in [3.63, 3.8) is 0 Å². The number of fused-ring (bicyclic) bond motifs is 1. The zero-order chi connectivity index (χ0) is 26.2. The minimum Gasteiger partial charge on any atom is -0.339 e. The van der Waals surface area contributed by atoms with Gasteiger partial charge in [0.25, 0.3) is 5.91 Å². The number of likely N-dealkylation sites (tertiary alicyclic amines) is 1. The molecule has 2 aromatic carbocycles. The molecule has 0 N–H and O–H groups in total. The summed E-state index contributed by atoms with van der Waals surface area (Å²) in [5.41, 5.74) is 2.42. The van der Waals surface area contributed by atoms with Gasteiger partial charge in [0, 0.05) is 37.0 Å². The number of Topliss-reactive ketones (excluding diaryl/α,β-unsaturated/α-hetero) is 1. The molecule has 3 aliphatic heterocycles. The third kappa shape index (κ3) is 4.97. The van der Waals surface area contributed by atoms with E-state index in [9.17, 15) is 27.6 Å². The van der Waals surface area contributed by atoms with Crippen LogP contribution in [0.4, 0.5) is 18.9 Å². The van der Waals surface area contributed by atoms with Gasteiger partial charge in [0.1, 0.15) is 5.54 Å². The van der Waals surface area contributed by atoms with Crippen molar-refractivity contribution in [2.45, 2.75) is 43.9 Å². The molecule has 0 radical (unpaired) electrons. The van der Waals surface area contributed by atoms with Gasteiger partial charge in [-0.25, -0.2) is 0 Å². The van der Waals surface area contributed by atoms with Crippen LogP contribution in [0, 0.1) is 0 Å². The maximum atomic E-state index is 13.7. The van der Waals surface area contributed by atoms with Gasteiger partial charge in [-0.3, -0.25) is 19.4 Å². The molecule has 10 heteroatoms. The van der Waals surface area contributed by atoms with Crippen LogP contribution < -0.4 is 4.90 Å². The number of carbonyl (C=O) groups is 3. The molecule has 2 fully saturated rings. The zero-order valence-corrected chi connectivity index (χ0v) is 20.2. The van der Waals surface area contributed by atoms with Crippen LogP contribution in [0.15, 0.2) is 53.5 Å². The van der Waals surface area contributed by atoms with E-state index < -0.39 is 30.3 Å². The highest BCUT2D eigenvalue weighted by molar-refractivity contribution is 5.98. The third-order valence-corrected chi connectivity index (χ3v) is 7.40. The molecule has 37 heavy (non-hydrogen) atoms. The third-order valence-electron chi connectivity index (χ3n) is 7.40. The molecule has 2 amide bonds. The van der Waals surface area contributed by atoms with Crippen LogP contribution in [0.3, 0.4) is 0 Å². The predicted molar refractivity (Wildman–Crippen MR) is 131 cm³/mol. The lowest BCUT2D eigenvalue weighted by Gasteiger charge is -2.43. The topological polar surface area (TPSA) is 73.3 Å². The molecule has 0 saturated carbocycles. The fourth-order valence-corrected chi connectivity index (χ4v) is 5.40. The first kappa shape index (κ1) is 25.0. The molecule has 1 spiro atoms. The normalized spacial score (nSPS) is 18.6. The number of hydrogen-bond acceptors (Lipinski definition) is 5. The van der Waals surface area contributed by atoms with E-state index in [-0.39, 0.29) is 25.0 Å². The van der Waals surface area contributed by atoms with Gasteiger partial charge < -0.3 is 14.7 Å². The molecule has 2 aromatic rings. The van der Waals surface area contributed by atoms with Gasteiger partial charge in [-0.15, -0.1) is 0 Å². The van der Waals surface area contributed by atoms with Crippen LogP contribution in [0.2, 0.25) is 0 Å². The Balaban J connectivity index is 1.32. The second-order valence-electron chi connectivity index (χ2n) is 9.77. The van der Waals surface area contributed by atoms with E-state index in [1.165, 1.54) is 4.90 Å². The molecule has 7 nitrogen and oxygen atoms in total. The Kier molecular flexibility index (Phi) is 6.51. The Labute approximate surface area is 212 Å². The number of nitrogens with zero attached hydrogens (tertiary/aromatic N) is 4. The number of halogens is 3. The van der Waals surface area contributed by atoms with Crippen molar-refractivity contribution in [1.82, 2.24) is 9.80 Å². The summed E-state index contributed by atoms with van der Waals surface area (Å²) in [5, 5.41) is 0. The number of para-hydroxylation sites is 1. The largest absolute Gasteiger partial charge is 0.389 e. The predicted octanol–water partition coefficient (Wildman–Crippen LogP) is 3.81. The fraction of sp³-hybridized carbons (Fsp3) is 0.407. The monoisotopic (exact) mass is 512 g/mol. The molecule has 2 saturated heterocycles. The lowest BCUT2D eigenvalue weighted by atomic mass is 9.85. The zero-order valence-electron chi connectivity index (χ0n) is 20.2. The van der Waals surface area contributed by atoms with E-state index in [0.29, 0.717) is 38.0 Å². The summed E-state index contributed by atoms with van der Waals surface area (Å²) in [6, 6.07) is 14.8. The maximum Gasteiger partial charge on any atom is 0.389 e. The SMILES string of the molecule is O=C(CCC(F)(F)F)CN1CN(c2ccccc2)C2(CCN(C(=O)c3ccc4c(c3)CN=C4)CC2)C1=O. The Morgan fingerprint density at radius 1 is 1.03 bits per heavy atom. The number of amides is 2. The first-order chi connectivity index (χ1) is 17.7. The molecular formula is C27H27F3N4O3. The highest BCUT2D eigenvalue weighted by Crippen LogP contribution is 2.40. The van der Waals surface area contributed by atoms with E-state index >= 15 is 0 Å². The summed E-state index contributed by atoms with van der Waals surface area (Å²) in [6.07, 6.45) is -3.78. The van der Waals surface area contributed by atoms with Crippen molar-refractivity contribution < 1.29 is 27.6 Å². The summed E-state index contributed by atoms with van der Waals surface area (Å²) in [4.78, 5) is 48.5. The lowest BCUT2D eigenvalue weighted by Crippen LogP contribution is -2.57. The minimum atomic E-state index is -4.42. The van der Waals surface area contributed by atoms with Crippen LogP contribution in [0.5, 0.6) is 0 Å². The van der Waals surface area contributed by atoms with Crippen LogP contribution in [0.1, 0.15) is 47.2 Å². The van der Waals surface area contributed by atoms with Gasteiger partial charge >= 0.3 is 6.18 Å². The molecule has 0 bridgehead atoms. The molecule has 0 aliphatic carbocycles. The van der Waals surface area contributed by atoms with E-state index in [4.69, 9.17) is 0 Å². The van der Waals surface area contributed by atoms with Gasteiger partial charge in [0.05, 0.1) is 26.2 Å². The van der Waals surface area contributed by atoms with Gasteiger partial charge in [0.2, 0.25) is 5.91 Å². The molecule has 0 atom stereocenters. The number of carbonyl (C=O) groups excluding carboxylic acids is 3. The van der Waals surface area contributed by atoms with E-state index in [1.807, 2.05) is 47.4 Å². The molecule has 0 unspecified atom stereocenters. The number of alkyl halides is 3. The van der Waals surface area contributed by atoms with Crippen LogP contribution in [0.25, 0.3) is 0 Å². The highest BCUT2D eigenvalue weighted by atomic mass is 19.4. The molecule has 3 heterocycles. The minimum absolute atomic E-state index is 0.110. The summed E-state index contributed by atoms with van der Waals surface area (Å²) < 4.78 is 37.8. The first-order valence-electron chi connectivity index (χ1n) is 12.3. The van der Waals surface area contributed by atoms with E-state index in [2.05, 4.69) is 4.99 Å². The molecular weight excluding hydrogens is 485 g/mol. The molecule has 194 valence electrons. The van der Waals surface area contributed by atoms with Crippen LogP contribution in [-0.2, 0) is 16.1 Å². The van der Waals surface area contributed by atoms with Crippen molar-refractivity contribution in [3.05, 3.63) is 65.2 Å². The summed E-state index contributed by atoms with van der Waals surface area (Å²) in [7, 11) is 0. The number of rotatable bonds is 6. The molecule has 3 aliphatic rings. The molecule has 5 rings (SSSR count). The van der Waals surface area contributed by atoms with E-state index in [0.717, 1.165) is 16.8 Å². The first-order valence-corrected chi connectivity index (χ1v) is 12.3. The Morgan fingerprint density at radius 3 is 2.46 bits per heavy atom.